The number of nitrogens with zero attached hydrogens (tertiary/aromatic N) is 5. The van der Waals surface area contributed by atoms with Crippen LogP contribution in [0.4, 0.5) is 24.8 Å². The first-order valence-corrected chi connectivity index (χ1v) is 17.9. The third-order valence-corrected chi connectivity index (χ3v) is 9.96. The van der Waals surface area contributed by atoms with Crippen molar-refractivity contribution < 1.29 is 18.0 Å². The van der Waals surface area contributed by atoms with Crippen molar-refractivity contribution in [3.8, 4) is 39.7 Å². The molecule has 4 N–H and O–H groups in total. The molecule has 2 aromatic heterocycles. The number of nitrogens with one attached hydrogen (secondary N) is 2. The Morgan fingerprint density at radius 2 is 1.20 bits per heavy atom. The van der Waals surface area contributed by atoms with Gasteiger partial charge in [-0.25, -0.2) is 13.2 Å². The zero-order valence-corrected chi connectivity index (χ0v) is 31.9. The van der Waals surface area contributed by atoms with Crippen LogP contribution in [0.3, 0.4) is 0 Å². The van der Waals surface area contributed by atoms with Crippen molar-refractivity contribution in [2.24, 2.45) is 5.73 Å². The number of aryl methyl sites for hydroxylation is 2. The zero-order valence-electron chi connectivity index (χ0n) is 31.9. The predicted octanol–water partition coefficient (Wildman–Crippen LogP) is 9.05. The monoisotopic (exact) mass is 754 g/mol. The van der Waals surface area contributed by atoms with Crippen molar-refractivity contribution in [3.63, 3.8) is 0 Å². The van der Waals surface area contributed by atoms with Gasteiger partial charge in [0.05, 0.1) is 17.0 Å². The Morgan fingerprint density at radius 1 is 0.696 bits per heavy atom. The van der Waals surface area contributed by atoms with Crippen LogP contribution in [-0.2, 0) is 10.8 Å². The summed E-state index contributed by atoms with van der Waals surface area (Å²) in [5.41, 5.74) is 9.84. The van der Waals surface area contributed by atoms with Crippen LogP contribution in [0.15, 0.2) is 91.0 Å². The van der Waals surface area contributed by atoms with Crippen molar-refractivity contribution >= 4 is 17.5 Å². The van der Waals surface area contributed by atoms with Gasteiger partial charge in [0.2, 0.25) is 5.91 Å². The molecule has 0 aliphatic heterocycles. The second-order valence-electron chi connectivity index (χ2n) is 15.1. The van der Waals surface area contributed by atoms with E-state index in [-0.39, 0.29) is 44.7 Å². The molecule has 2 heterocycles. The second-order valence-corrected chi connectivity index (χ2v) is 15.1. The Labute approximate surface area is 323 Å². The largest absolute Gasteiger partial charge is 0.368 e. The molecular weight excluding hydrogens is 714 g/mol. The third kappa shape index (κ3) is 8.22. The molecule has 0 saturated heterocycles. The number of anilines is 2. The van der Waals surface area contributed by atoms with E-state index in [1.54, 1.807) is 48.5 Å². The number of carbonyl (C=O) groups excluding carboxylic acids is 1. The molecule has 12 heteroatoms. The van der Waals surface area contributed by atoms with E-state index in [4.69, 9.17) is 5.73 Å². The van der Waals surface area contributed by atoms with E-state index in [1.165, 1.54) is 42.5 Å². The zero-order chi connectivity index (χ0) is 40.4. The fourth-order valence-electron chi connectivity index (χ4n) is 6.59. The SMILES string of the molecule is Cc1cc(NCC(C)(C)c2ccc(F)cc2)nnc1-c1cc(C#N)c(F)c(-c2c(C(N)=O)cccc2-c2nnc(NCC(C)(C)c3ccc(F)cc3)cc2C)c1. The summed E-state index contributed by atoms with van der Waals surface area (Å²) >= 11 is 0. The van der Waals surface area contributed by atoms with Gasteiger partial charge in [0.1, 0.15) is 35.2 Å². The molecule has 9 nitrogen and oxygen atoms in total. The van der Waals surface area contributed by atoms with Crippen molar-refractivity contribution in [2.75, 3.05) is 23.7 Å². The van der Waals surface area contributed by atoms with E-state index in [1.807, 2.05) is 47.6 Å². The lowest BCUT2D eigenvalue weighted by atomic mass is 9.84. The number of rotatable bonds is 12. The Bertz CT molecular complexity index is 2480. The van der Waals surface area contributed by atoms with Gasteiger partial charge in [-0.15, -0.1) is 20.4 Å². The Morgan fingerprint density at radius 3 is 1.66 bits per heavy atom. The maximum atomic E-state index is 16.4. The molecule has 0 fully saturated rings. The van der Waals surface area contributed by atoms with Crippen LogP contribution in [0.25, 0.3) is 33.6 Å². The Kier molecular flexibility index (Phi) is 10.9. The first kappa shape index (κ1) is 39.1. The number of nitriles is 1. The van der Waals surface area contributed by atoms with Crippen LogP contribution in [0.1, 0.15) is 65.9 Å². The molecular formula is C44H41F3N8O. The van der Waals surface area contributed by atoms with Crippen LogP contribution in [0, 0.1) is 42.6 Å². The highest BCUT2D eigenvalue weighted by Crippen LogP contribution is 2.40. The lowest BCUT2D eigenvalue weighted by molar-refractivity contribution is 0.100. The predicted molar refractivity (Wildman–Crippen MR) is 212 cm³/mol. The minimum absolute atomic E-state index is 0.0259. The summed E-state index contributed by atoms with van der Waals surface area (Å²) in [4.78, 5) is 12.9. The van der Waals surface area contributed by atoms with Gasteiger partial charge < -0.3 is 16.4 Å². The van der Waals surface area contributed by atoms with E-state index in [2.05, 4.69) is 31.0 Å². The lowest BCUT2D eigenvalue weighted by Crippen LogP contribution is -2.28. The molecule has 0 aliphatic carbocycles. The Hall–Kier alpha value is -6.61. The van der Waals surface area contributed by atoms with Crippen LogP contribution < -0.4 is 16.4 Å². The molecule has 0 bridgehead atoms. The van der Waals surface area contributed by atoms with Crippen molar-refractivity contribution in [1.29, 1.82) is 5.26 Å². The number of hydrogen-bond donors (Lipinski definition) is 3. The van der Waals surface area contributed by atoms with Gasteiger partial charge in [-0.1, -0.05) is 64.1 Å². The summed E-state index contributed by atoms with van der Waals surface area (Å²) < 4.78 is 43.4. The summed E-state index contributed by atoms with van der Waals surface area (Å²) in [5, 5.41) is 34.4. The van der Waals surface area contributed by atoms with Crippen molar-refractivity contribution in [3.05, 3.63) is 142 Å². The highest BCUT2D eigenvalue weighted by atomic mass is 19.1. The molecule has 6 rings (SSSR count). The summed E-state index contributed by atoms with van der Waals surface area (Å²) in [6, 6.07) is 26.0. The number of aromatic nitrogens is 4. The molecule has 284 valence electrons. The van der Waals surface area contributed by atoms with Crippen molar-refractivity contribution in [1.82, 2.24) is 20.4 Å². The van der Waals surface area contributed by atoms with E-state index in [0.717, 1.165) is 11.1 Å². The minimum atomic E-state index is -0.843. The van der Waals surface area contributed by atoms with E-state index >= 15 is 4.39 Å². The third-order valence-electron chi connectivity index (χ3n) is 9.96. The fraction of sp³-hybridized carbons (Fsp3) is 0.227. The van der Waals surface area contributed by atoms with Gasteiger partial charge in [0, 0.05) is 51.7 Å². The molecule has 4 aromatic carbocycles. The molecule has 0 atom stereocenters. The maximum Gasteiger partial charge on any atom is 0.249 e. The van der Waals surface area contributed by atoms with Gasteiger partial charge in [-0.2, -0.15) is 5.26 Å². The highest BCUT2D eigenvalue weighted by Gasteiger charge is 2.26. The second kappa shape index (κ2) is 15.6. The molecule has 0 aliphatic rings. The molecule has 56 heavy (non-hydrogen) atoms. The molecule has 0 unspecified atom stereocenters. The number of halogens is 3. The van der Waals surface area contributed by atoms with Crippen LogP contribution in [-0.4, -0.2) is 39.4 Å². The Balaban J connectivity index is 1.34. The summed E-state index contributed by atoms with van der Waals surface area (Å²) in [6.07, 6.45) is 0. The topological polar surface area (TPSA) is 142 Å². The van der Waals surface area contributed by atoms with Gasteiger partial charge in [0.25, 0.3) is 0 Å². The molecule has 6 aromatic rings. The van der Waals surface area contributed by atoms with Crippen LogP contribution in [0.2, 0.25) is 0 Å². The quantitative estimate of drug-likeness (QED) is 0.112. The maximum absolute atomic E-state index is 16.4. The van der Waals surface area contributed by atoms with E-state index in [9.17, 15) is 18.8 Å². The number of amides is 1. The first-order valence-electron chi connectivity index (χ1n) is 17.9. The molecule has 0 saturated carbocycles. The average Bonchev–Trinajstić information content (AvgIpc) is 3.17. The van der Waals surface area contributed by atoms with Gasteiger partial charge >= 0.3 is 0 Å². The smallest absolute Gasteiger partial charge is 0.249 e. The fourth-order valence-corrected chi connectivity index (χ4v) is 6.59. The van der Waals surface area contributed by atoms with Gasteiger partial charge in [0.15, 0.2) is 0 Å². The number of carbonyl (C=O) groups is 1. The van der Waals surface area contributed by atoms with Gasteiger partial charge in [-0.05, 0) is 90.7 Å². The minimum Gasteiger partial charge on any atom is -0.368 e. The molecule has 0 radical (unpaired) electrons. The standard InChI is InChI=1S/C44H41F3N8O/c1-25-18-36(50-23-43(3,4)29-10-14-31(45)15-11-29)52-54-40(25)27-20-28(22-48)39(47)35(21-27)38-33(8-7-9-34(38)42(49)56)41-26(2)19-37(53-55-41)51-24-44(5,6)30-12-16-32(46)17-13-30/h7-21H,23-24H2,1-6H3,(H2,49,56)(H,50,52)(H,51,53). The first-order chi connectivity index (χ1) is 26.6. The summed E-state index contributed by atoms with van der Waals surface area (Å²) in [5.74, 6) is -1.27. The van der Waals surface area contributed by atoms with Gasteiger partial charge in [-0.3, -0.25) is 4.79 Å². The highest BCUT2D eigenvalue weighted by molar-refractivity contribution is 6.04. The van der Waals surface area contributed by atoms with E-state index < -0.39 is 11.7 Å². The molecule has 1 amide bonds. The molecule has 0 spiro atoms. The lowest BCUT2D eigenvalue weighted by Gasteiger charge is -2.26. The average molecular weight is 755 g/mol. The summed E-state index contributed by atoms with van der Waals surface area (Å²) in [6.45, 7) is 12.7. The van der Waals surface area contributed by atoms with Crippen LogP contribution >= 0.6 is 0 Å². The number of benzene rings is 4. The number of nitrogens with two attached hydrogens (primary N) is 1. The number of primary amides is 1. The van der Waals surface area contributed by atoms with E-state index in [0.29, 0.717) is 58.4 Å². The van der Waals surface area contributed by atoms with Crippen molar-refractivity contribution in [2.45, 2.75) is 52.4 Å². The van der Waals surface area contributed by atoms with Crippen LogP contribution in [0.5, 0.6) is 0 Å². The normalized spacial score (nSPS) is 11.6. The number of hydrogen-bond acceptors (Lipinski definition) is 8. The summed E-state index contributed by atoms with van der Waals surface area (Å²) in [7, 11) is 0.